The van der Waals surface area contributed by atoms with Crippen molar-refractivity contribution in [3.63, 3.8) is 0 Å². The second-order valence-electron chi connectivity index (χ2n) is 9.06. The van der Waals surface area contributed by atoms with E-state index in [1.807, 2.05) is 0 Å². The first-order valence-electron chi connectivity index (χ1n) is 13.8. The molecular formula is C30H36F4N4O6. The van der Waals surface area contributed by atoms with Crippen LogP contribution in [0.2, 0.25) is 0 Å². The second kappa shape index (κ2) is 19.6. The number of pyridine rings is 2. The van der Waals surface area contributed by atoms with Crippen molar-refractivity contribution in [3.8, 4) is 0 Å². The molecule has 4 aromatic rings. The van der Waals surface area contributed by atoms with Gasteiger partial charge in [-0.25, -0.2) is 27.5 Å². The fourth-order valence-electron chi connectivity index (χ4n) is 3.67. The van der Waals surface area contributed by atoms with Crippen LogP contribution in [0.4, 0.5) is 29.2 Å². The van der Waals surface area contributed by atoms with E-state index in [2.05, 4.69) is 9.97 Å². The minimum Gasteiger partial charge on any atom is -0.384 e. The minimum atomic E-state index is -0.650. The average molecular weight is 625 g/mol. The number of hydrogen-bond acceptors (Lipinski definition) is 10. The van der Waals surface area contributed by atoms with Crippen LogP contribution in [0.3, 0.4) is 0 Å². The van der Waals surface area contributed by atoms with Crippen molar-refractivity contribution in [1.82, 2.24) is 9.97 Å². The average Bonchev–Trinajstić information content (AvgIpc) is 2.97. The van der Waals surface area contributed by atoms with Crippen LogP contribution >= 0.6 is 0 Å². The van der Waals surface area contributed by atoms with E-state index in [1.54, 1.807) is 0 Å². The van der Waals surface area contributed by atoms with Crippen molar-refractivity contribution < 1.29 is 46.0 Å². The fraction of sp³-hybridized carbons (Fsp3) is 0.400. The lowest BCUT2D eigenvalue weighted by Crippen LogP contribution is -2.16. The Hall–Kier alpha value is -3.66. The number of fused-ring (bicyclic) bond motifs is 2. The van der Waals surface area contributed by atoms with Gasteiger partial charge in [0.15, 0.2) is 0 Å². The third kappa shape index (κ3) is 12.9. The van der Waals surface area contributed by atoms with Crippen molar-refractivity contribution in [2.45, 2.75) is 0 Å². The van der Waals surface area contributed by atoms with Gasteiger partial charge in [0.05, 0.1) is 90.3 Å². The quantitative estimate of drug-likeness (QED) is 0.273. The monoisotopic (exact) mass is 624 g/mol. The molecule has 4 N–H and O–H groups in total. The van der Waals surface area contributed by atoms with E-state index in [0.717, 1.165) is 24.3 Å². The zero-order valence-corrected chi connectivity index (χ0v) is 24.1. The summed E-state index contributed by atoms with van der Waals surface area (Å²) in [5.41, 5.74) is 11.2. The first-order chi connectivity index (χ1) is 21.3. The molecule has 1 fully saturated rings. The number of nitrogens with two attached hydrogens (primary N) is 2. The molecule has 0 bridgehead atoms. The molecular weight excluding hydrogens is 588 g/mol. The lowest BCUT2D eigenvalue weighted by molar-refractivity contribution is -0.0334. The molecule has 14 heteroatoms. The number of ether oxygens (including phenoxy) is 6. The van der Waals surface area contributed by atoms with Crippen LogP contribution in [0.5, 0.6) is 0 Å². The summed E-state index contributed by atoms with van der Waals surface area (Å²) in [6.07, 6.45) is 0. The van der Waals surface area contributed by atoms with E-state index in [9.17, 15) is 17.6 Å². The molecule has 3 heterocycles. The number of rotatable bonds is 0. The third-order valence-electron chi connectivity index (χ3n) is 5.72. The van der Waals surface area contributed by atoms with E-state index in [-0.39, 0.29) is 33.4 Å². The number of anilines is 2. The van der Waals surface area contributed by atoms with Gasteiger partial charge in [-0.2, -0.15) is 0 Å². The number of aromatic nitrogens is 2. The molecule has 0 amide bonds. The topological polar surface area (TPSA) is 133 Å². The number of benzene rings is 2. The van der Waals surface area contributed by atoms with Crippen molar-refractivity contribution in [1.29, 1.82) is 0 Å². The smallest absolute Gasteiger partial charge is 0.135 e. The summed E-state index contributed by atoms with van der Waals surface area (Å²) in [5.74, 6) is -2.05. The molecule has 5 rings (SSSR count). The second-order valence-corrected chi connectivity index (χ2v) is 9.06. The lowest BCUT2D eigenvalue weighted by Gasteiger charge is -2.09. The molecule has 0 spiro atoms. The van der Waals surface area contributed by atoms with Gasteiger partial charge in [0, 0.05) is 35.0 Å². The Balaban J connectivity index is 0.000000183. The number of nitrogens with zero attached hydrogens (tertiary/aromatic N) is 2. The normalized spacial score (nSPS) is 16.1. The van der Waals surface area contributed by atoms with Crippen LogP contribution in [0.1, 0.15) is 0 Å². The highest BCUT2D eigenvalue weighted by atomic mass is 19.1. The van der Waals surface area contributed by atoms with Crippen LogP contribution in [0.15, 0.2) is 48.5 Å². The van der Waals surface area contributed by atoms with Gasteiger partial charge in [0.2, 0.25) is 0 Å². The van der Waals surface area contributed by atoms with E-state index in [1.165, 1.54) is 24.3 Å². The molecule has 1 saturated heterocycles. The van der Waals surface area contributed by atoms with Crippen LogP contribution in [0, 0.1) is 23.3 Å². The van der Waals surface area contributed by atoms with E-state index < -0.39 is 23.3 Å². The molecule has 0 atom stereocenters. The van der Waals surface area contributed by atoms with Gasteiger partial charge < -0.3 is 39.9 Å². The summed E-state index contributed by atoms with van der Waals surface area (Å²) in [6.45, 7) is 7.04. The largest absolute Gasteiger partial charge is 0.384 e. The van der Waals surface area contributed by atoms with Crippen molar-refractivity contribution >= 4 is 33.4 Å². The van der Waals surface area contributed by atoms with Gasteiger partial charge >= 0.3 is 0 Å². The Morgan fingerprint density at radius 3 is 0.977 bits per heavy atom. The number of nitrogen functional groups attached to an aromatic ring is 2. The van der Waals surface area contributed by atoms with Gasteiger partial charge in [0.1, 0.15) is 34.9 Å². The van der Waals surface area contributed by atoms with Crippen molar-refractivity contribution in [2.75, 3.05) is 90.7 Å². The number of halogens is 4. The molecule has 0 unspecified atom stereocenters. The fourth-order valence-corrected chi connectivity index (χ4v) is 3.67. The Bertz CT molecular complexity index is 1260. The molecule has 1 aliphatic heterocycles. The Morgan fingerprint density at radius 1 is 0.432 bits per heavy atom. The maximum Gasteiger partial charge on any atom is 0.135 e. The molecule has 10 nitrogen and oxygen atoms in total. The summed E-state index contributed by atoms with van der Waals surface area (Å²) < 4.78 is 83.5. The van der Waals surface area contributed by atoms with Gasteiger partial charge in [-0.1, -0.05) is 0 Å². The van der Waals surface area contributed by atoms with E-state index in [0.29, 0.717) is 79.3 Å². The zero-order valence-electron chi connectivity index (χ0n) is 24.1. The first-order valence-corrected chi connectivity index (χ1v) is 13.8. The Labute approximate surface area is 252 Å². The Kier molecular flexibility index (Phi) is 15.5. The van der Waals surface area contributed by atoms with Crippen LogP contribution in [-0.4, -0.2) is 89.3 Å². The van der Waals surface area contributed by atoms with Gasteiger partial charge in [-0.3, -0.25) is 0 Å². The molecule has 0 aliphatic carbocycles. The highest BCUT2D eigenvalue weighted by molar-refractivity contribution is 5.81. The van der Waals surface area contributed by atoms with Crippen LogP contribution < -0.4 is 11.5 Å². The molecule has 2 aromatic heterocycles. The highest BCUT2D eigenvalue weighted by Crippen LogP contribution is 2.19. The van der Waals surface area contributed by atoms with Gasteiger partial charge in [-0.05, 0) is 24.3 Å². The summed E-state index contributed by atoms with van der Waals surface area (Å²) in [4.78, 5) is 7.59. The SMILES string of the molecule is C1COCCOCCOCCOCCOCCO1.Nc1ccc2c(F)cc(F)cc2n1.Nc1ccc2c(F)cc(F)cc2n1. The summed E-state index contributed by atoms with van der Waals surface area (Å²) in [5, 5.41) is 0.547. The molecule has 240 valence electrons. The van der Waals surface area contributed by atoms with Gasteiger partial charge in [-0.15, -0.1) is 0 Å². The predicted molar refractivity (Wildman–Crippen MR) is 157 cm³/mol. The van der Waals surface area contributed by atoms with E-state index in [4.69, 9.17) is 39.9 Å². The maximum atomic E-state index is 13.1. The Morgan fingerprint density at radius 2 is 0.705 bits per heavy atom. The third-order valence-corrected chi connectivity index (χ3v) is 5.72. The molecule has 0 radical (unpaired) electrons. The van der Waals surface area contributed by atoms with Crippen LogP contribution in [-0.2, 0) is 28.4 Å². The lowest BCUT2D eigenvalue weighted by atomic mass is 10.2. The summed E-state index contributed by atoms with van der Waals surface area (Å²) in [7, 11) is 0. The number of hydrogen-bond donors (Lipinski definition) is 2. The molecule has 2 aromatic carbocycles. The maximum absolute atomic E-state index is 13.1. The first kappa shape index (κ1) is 34.8. The zero-order chi connectivity index (χ0) is 31.6. The highest BCUT2D eigenvalue weighted by Gasteiger charge is 2.05. The van der Waals surface area contributed by atoms with Crippen molar-refractivity contribution in [3.05, 3.63) is 71.8 Å². The van der Waals surface area contributed by atoms with Gasteiger partial charge in [0.25, 0.3) is 0 Å². The molecule has 1 aliphatic rings. The molecule has 0 saturated carbocycles. The summed E-state index contributed by atoms with van der Waals surface area (Å²) in [6, 6.07) is 9.84. The van der Waals surface area contributed by atoms with Crippen molar-refractivity contribution in [2.24, 2.45) is 0 Å². The minimum absolute atomic E-state index is 0.234. The van der Waals surface area contributed by atoms with E-state index >= 15 is 0 Å². The summed E-state index contributed by atoms with van der Waals surface area (Å²) >= 11 is 0. The van der Waals surface area contributed by atoms with Crippen LogP contribution in [0.25, 0.3) is 21.8 Å². The predicted octanol–water partition coefficient (Wildman–Crippen LogP) is 4.29. The molecule has 44 heavy (non-hydrogen) atoms. The standard InChI is InChI=1S/C12H24O6.2C9H6F2N2/c1-2-14-5-6-16-9-10-18-12-11-17-8-7-15-4-3-13-1;2*10-5-3-7(11)6-1-2-9(12)13-8(6)4-5/h1-12H2;2*1-4H,(H2,12,13).